The first kappa shape index (κ1) is 14.3. The fourth-order valence-electron chi connectivity index (χ4n) is 1.01. The Morgan fingerprint density at radius 1 is 1.64 bits per heavy atom. The van der Waals surface area contributed by atoms with E-state index in [4.69, 9.17) is 4.74 Å². The number of carbonyl (C=O) groups excluding carboxylic acids is 1. The standard InChI is InChI=1S/C9H18BrNO2S/c1-11(6-8(10)7-13-2)9(12)4-5-14-3/h8H,4-7H2,1-3H3. The van der Waals surface area contributed by atoms with Crippen LogP contribution in [0.5, 0.6) is 0 Å². The first-order valence-corrected chi connectivity index (χ1v) is 6.78. The number of nitrogens with zero attached hydrogens (tertiary/aromatic N) is 1. The Morgan fingerprint density at radius 2 is 2.29 bits per heavy atom. The summed E-state index contributed by atoms with van der Waals surface area (Å²) in [5.74, 6) is 1.08. The van der Waals surface area contributed by atoms with Gasteiger partial charge in [0.15, 0.2) is 0 Å². The number of amides is 1. The average molecular weight is 284 g/mol. The highest BCUT2D eigenvalue weighted by molar-refractivity contribution is 9.09. The molecule has 3 nitrogen and oxygen atoms in total. The summed E-state index contributed by atoms with van der Waals surface area (Å²) in [4.78, 5) is 13.5. The normalized spacial score (nSPS) is 12.6. The second kappa shape index (κ2) is 8.56. The molecule has 0 bridgehead atoms. The van der Waals surface area contributed by atoms with Crippen LogP contribution in [-0.2, 0) is 9.53 Å². The number of thioether (sulfide) groups is 1. The molecular formula is C9H18BrNO2S. The van der Waals surface area contributed by atoms with E-state index >= 15 is 0 Å². The molecule has 0 aromatic carbocycles. The number of methoxy groups -OCH3 is 1. The molecule has 0 heterocycles. The average Bonchev–Trinajstić information content (AvgIpc) is 2.14. The minimum atomic E-state index is 0.194. The van der Waals surface area contributed by atoms with Crippen LogP contribution in [0.2, 0.25) is 0 Å². The van der Waals surface area contributed by atoms with Crippen LogP contribution in [0.4, 0.5) is 0 Å². The SMILES string of the molecule is COCC(Br)CN(C)C(=O)CCSC. The number of halogens is 1. The summed E-state index contributed by atoms with van der Waals surface area (Å²) in [6, 6.07) is 0. The predicted octanol–water partition coefficient (Wildman–Crippen LogP) is 1.61. The van der Waals surface area contributed by atoms with Gasteiger partial charge in [-0.2, -0.15) is 11.8 Å². The summed E-state index contributed by atoms with van der Waals surface area (Å²) in [7, 11) is 3.48. The Kier molecular flexibility index (Phi) is 8.72. The highest BCUT2D eigenvalue weighted by Gasteiger charge is 2.12. The highest BCUT2D eigenvalue weighted by Crippen LogP contribution is 2.05. The molecule has 0 aliphatic heterocycles. The molecule has 84 valence electrons. The van der Waals surface area contributed by atoms with E-state index in [2.05, 4.69) is 15.9 Å². The molecule has 1 amide bonds. The van der Waals surface area contributed by atoms with Crippen LogP contribution < -0.4 is 0 Å². The van der Waals surface area contributed by atoms with Crippen LogP contribution >= 0.6 is 27.7 Å². The maximum absolute atomic E-state index is 11.5. The summed E-state index contributed by atoms with van der Waals surface area (Å²) in [5, 5.41) is 0. The second-order valence-corrected chi connectivity index (χ2v) is 5.35. The van der Waals surface area contributed by atoms with Crippen molar-refractivity contribution in [3.8, 4) is 0 Å². The van der Waals surface area contributed by atoms with Crippen LogP contribution in [0.25, 0.3) is 0 Å². The third kappa shape index (κ3) is 6.68. The first-order valence-electron chi connectivity index (χ1n) is 4.47. The summed E-state index contributed by atoms with van der Waals surface area (Å²) in [5.41, 5.74) is 0. The first-order chi connectivity index (χ1) is 6.61. The van der Waals surface area contributed by atoms with Gasteiger partial charge in [-0.1, -0.05) is 15.9 Å². The number of alkyl halides is 1. The van der Waals surface area contributed by atoms with Crippen molar-refractivity contribution in [3.63, 3.8) is 0 Å². The summed E-state index contributed by atoms with van der Waals surface area (Å²) in [6.45, 7) is 1.32. The summed E-state index contributed by atoms with van der Waals surface area (Å²) >= 11 is 5.14. The van der Waals surface area contributed by atoms with Crippen molar-refractivity contribution < 1.29 is 9.53 Å². The molecular weight excluding hydrogens is 266 g/mol. The lowest BCUT2D eigenvalue weighted by molar-refractivity contribution is -0.129. The van der Waals surface area contributed by atoms with Crippen LogP contribution in [-0.4, -0.2) is 55.0 Å². The molecule has 0 saturated carbocycles. The zero-order valence-corrected chi connectivity index (χ0v) is 11.4. The largest absolute Gasteiger partial charge is 0.383 e. The number of rotatable bonds is 7. The van der Waals surface area contributed by atoms with Crippen molar-refractivity contribution in [1.82, 2.24) is 4.90 Å². The van der Waals surface area contributed by atoms with Crippen LogP contribution in [0.1, 0.15) is 6.42 Å². The quantitative estimate of drug-likeness (QED) is 0.665. The van der Waals surface area contributed by atoms with Crippen molar-refractivity contribution in [1.29, 1.82) is 0 Å². The number of hydrogen-bond acceptors (Lipinski definition) is 3. The molecule has 0 radical (unpaired) electrons. The Balaban J connectivity index is 3.70. The van der Waals surface area contributed by atoms with Gasteiger partial charge in [0.05, 0.1) is 11.4 Å². The van der Waals surface area contributed by atoms with Gasteiger partial charge in [-0.3, -0.25) is 4.79 Å². The maximum Gasteiger partial charge on any atom is 0.223 e. The second-order valence-electron chi connectivity index (χ2n) is 3.07. The molecule has 1 unspecified atom stereocenters. The smallest absolute Gasteiger partial charge is 0.223 e. The molecule has 0 aromatic heterocycles. The number of hydrogen-bond donors (Lipinski definition) is 0. The van der Waals surface area contributed by atoms with Gasteiger partial charge in [0.2, 0.25) is 5.91 Å². The molecule has 0 fully saturated rings. The Bertz CT molecular complexity index is 169. The Morgan fingerprint density at radius 3 is 2.79 bits per heavy atom. The minimum Gasteiger partial charge on any atom is -0.383 e. The molecule has 1 atom stereocenters. The van der Waals surface area contributed by atoms with E-state index < -0.39 is 0 Å². The zero-order valence-electron chi connectivity index (χ0n) is 8.96. The number of ether oxygens (including phenoxy) is 1. The monoisotopic (exact) mass is 283 g/mol. The van der Waals surface area contributed by atoms with Crippen molar-refractivity contribution >= 4 is 33.6 Å². The van der Waals surface area contributed by atoms with Gasteiger partial charge in [0, 0.05) is 32.9 Å². The van der Waals surface area contributed by atoms with E-state index in [1.165, 1.54) is 0 Å². The van der Waals surface area contributed by atoms with Crippen LogP contribution in [0.3, 0.4) is 0 Å². The van der Waals surface area contributed by atoms with E-state index in [0.29, 0.717) is 19.6 Å². The highest BCUT2D eigenvalue weighted by atomic mass is 79.9. The fourth-order valence-corrected chi connectivity index (χ4v) is 2.09. The van der Waals surface area contributed by atoms with Gasteiger partial charge < -0.3 is 9.64 Å². The van der Waals surface area contributed by atoms with Crippen molar-refractivity contribution in [2.24, 2.45) is 0 Å². The molecule has 0 saturated heterocycles. The van der Waals surface area contributed by atoms with Crippen molar-refractivity contribution in [2.75, 3.05) is 39.3 Å². The summed E-state index contributed by atoms with van der Waals surface area (Å²) < 4.78 is 4.98. The van der Waals surface area contributed by atoms with Crippen LogP contribution in [0, 0.1) is 0 Å². The van der Waals surface area contributed by atoms with Gasteiger partial charge in [-0.25, -0.2) is 0 Å². The summed E-state index contributed by atoms with van der Waals surface area (Å²) in [6.07, 6.45) is 2.62. The fraction of sp³-hybridized carbons (Fsp3) is 0.889. The third-order valence-electron chi connectivity index (χ3n) is 1.77. The Labute approximate surface area is 98.7 Å². The maximum atomic E-state index is 11.5. The van der Waals surface area contributed by atoms with E-state index in [-0.39, 0.29) is 10.7 Å². The molecule has 14 heavy (non-hydrogen) atoms. The van der Waals surface area contributed by atoms with E-state index in [1.807, 2.05) is 13.3 Å². The van der Waals surface area contributed by atoms with E-state index in [9.17, 15) is 4.79 Å². The van der Waals surface area contributed by atoms with Gasteiger partial charge in [-0.15, -0.1) is 0 Å². The van der Waals surface area contributed by atoms with E-state index in [1.54, 1.807) is 23.8 Å². The lowest BCUT2D eigenvalue weighted by Crippen LogP contribution is -2.33. The van der Waals surface area contributed by atoms with Gasteiger partial charge in [-0.05, 0) is 6.26 Å². The van der Waals surface area contributed by atoms with Crippen molar-refractivity contribution in [3.05, 3.63) is 0 Å². The lowest BCUT2D eigenvalue weighted by atomic mass is 10.3. The topological polar surface area (TPSA) is 29.5 Å². The van der Waals surface area contributed by atoms with Gasteiger partial charge in [0.1, 0.15) is 0 Å². The van der Waals surface area contributed by atoms with Crippen molar-refractivity contribution in [2.45, 2.75) is 11.2 Å². The molecule has 0 N–H and O–H groups in total. The lowest BCUT2D eigenvalue weighted by Gasteiger charge is -2.20. The molecule has 0 spiro atoms. The van der Waals surface area contributed by atoms with E-state index in [0.717, 1.165) is 5.75 Å². The molecule has 0 aliphatic carbocycles. The number of carbonyl (C=O) groups is 1. The molecule has 0 aliphatic rings. The van der Waals surface area contributed by atoms with Gasteiger partial charge in [0.25, 0.3) is 0 Å². The predicted molar refractivity (Wildman–Crippen MR) is 65.2 cm³/mol. The Hall–Kier alpha value is 0.260. The molecule has 5 heteroatoms. The molecule has 0 rings (SSSR count). The van der Waals surface area contributed by atoms with Crippen LogP contribution in [0.15, 0.2) is 0 Å². The molecule has 0 aromatic rings. The zero-order chi connectivity index (χ0) is 11.0. The third-order valence-corrected chi connectivity index (χ3v) is 2.93. The minimum absolute atomic E-state index is 0.194. The van der Waals surface area contributed by atoms with Gasteiger partial charge >= 0.3 is 0 Å².